The van der Waals surface area contributed by atoms with E-state index in [1.807, 2.05) is 0 Å². The van der Waals surface area contributed by atoms with Crippen molar-refractivity contribution in [3.8, 4) is 11.1 Å². The second-order valence-corrected chi connectivity index (χ2v) is 3.75. The zero-order valence-electron chi connectivity index (χ0n) is 9.23. The molecule has 0 bridgehead atoms. The van der Waals surface area contributed by atoms with Crippen LogP contribution in [0, 0.1) is 11.8 Å². The third-order valence-electron chi connectivity index (χ3n) is 2.43. The Bertz CT molecular complexity index is 599. The molecule has 0 radical (unpaired) electrons. The minimum atomic E-state index is -1.03. The summed E-state index contributed by atoms with van der Waals surface area (Å²) in [6.45, 7) is 0. The van der Waals surface area contributed by atoms with Gasteiger partial charge in [0.25, 0.3) is 0 Å². The first-order valence-electron chi connectivity index (χ1n) is 5.18. The lowest BCUT2D eigenvalue weighted by atomic mass is 10.0. The Morgan fingerprint density at radius 3 is 2.61 bits per heavy atom. The number of rotatable bonds is 3. The summed E-state index contributed by atoms with van der Waals surface area (Å²) in [6, 6.07) is 6.68. The first-order valence-corrected chi connectivity index (χ1v) is 5.18. The van der Waals surface area contributed by atoms with Gasteiger partial charge >= 0.3 is 5.97 Å². The van der Waals surface area contributed by atoms with Crippen LogP contribution in [0.15, 0.2) is 36.5 Å². The fraction of sp³-hybridized carbons (Fsp3) is 0.0769. The molecule has 3 nitrogen and oxygen atoms in total. The summed E-state index contributed by atoms with van der Waals surface area (Å²) in [5.41, 5.74) is 0.936. The van der Waals surface area contributed by atoms with Gasteiger partial charge in [0.15, 0.2) is 0 Å². The van der Waals surface area contributed by atoms with Gasteiger partial charge in [-0.25, -0.2) is 9.37 Å². The standard InChI is InChI=1S/C13H9F2NO2/c14-11-5-8(6-13(17)18)1-2-10(11)9-3-4-16-12(15)7-9/h1-5,7H,6H2,(H,17,18). The highest BCUT2D eigenvalue weighted by molar-refractivity contribution is 5.71. The molecule has 1 aromatic heterocycles. The van der Waals surface area contributed by atoms with E-state index >= 15 is 0 Å². The number of pyridine rings is 1. The van der Waals surface area contributed by atoms with E-state index in [1.54, 1.807) is 0 Å². The summed E-state index contributed by atoms with van der Waals surface area (Å²) in [5, 5.41) is 8.60. The predicted molar refractivity (Wildman–Crippen MR) is 60.9 cm³/mol. The van der Waals surface area contributed by atoms with E-state index in [4.69, 9.17) is 5.11 Å². The Morgan fingerprint density at radius 2 is 2.00 bits per heavy atom. The van der Waals surface area contributed by atoms with Crippen LogP contribution in [0.4, 0.5) is 8.78 Å². The molecule has 0 fully saturated rings. The number of carboxylic acids is 1. The lowest BCUT2D eigenvalue weighted by Gasteiger charge is -2.05. The van der Waals surface area contributed by atoms with Crippen LogP contribution >= 0.6 is 0 Å². The quantitative estimate of drug-likeness (QED) is 0.851. The van der Waals surface area contributed by atoms with Gasteiger partial charge in [-0.15, -0.1) is 0 Å². The lowest BCUT2D eigenvalue weighted by molar-refractivity contribution is -0.136. The molecule has 92 valence electrons. The number of hydrogen-bond donors (Lipinski definition) is 1. The zero-order chi connectivity index (χ0) is 13.1. The largest absolute Gasteiger partial charge is 0.481 e. The smallest absolute Gasteiger partial charge is 0.307 e. The molecule has 0 amide bonds. The molecule has 0 saturated carbocycles. The van der Waals surface area contributed by atoms with Crippen molar-refractivity contribution < 1.29 is 18.7 Å². The van der Waals surface area contributed by atoms with Crippen LogP contribution in [0.2, 0.25) is 0 Å². The number of halogens is 2. The molecule has 2 rings (SSSR count). The fourth-order valence-corrected chi connectivity index (χ4v) is 1.65. The number of aliphatic carboxylic acids is 1. The molecule has 1 aromatic carbocycles. The summed E-state index contributed by atoms with van der Waals surface area (Å²) in [5.74, 6) is -2.31. The van der Waals surface area contributed by atoms with Crippen LogP contribution < -0.4 is 0 Å². The van der Waals surface area contributed by atoms with Crippen LogP contribution in [-0.4, -0.2) is 16.1 Å². The third-order valence-corrected chi connectivity index (χ3v) is 2.43. The van der Waals surface area contributed by atoms with E-state index < -0.39 is 17.7 Å². The molecule has 5 heteroatoms. The summed E-state index contributed by atoms with van der Waals surface area (Å²) in [4.78, 5) is 13.9. The third kappa shape index (κ3) is 2.68. The average Bonchev–Trinajstić information content (AvgIpc) is 2.28. The van der Waals surface area contributed by atoms with Crippen molar-refractivity contribution in [2.24, 2.45) is 0 Å². The molecule has 1 N–H and O–H groups in total. The minimum Gasteiger partial charge on any atom is -0.481 e. The first-order chi connectivity index (χ1) is 8.56. The second-order valence-electron chi connectivity index (χ2n) is 3.75. The molecular formula is C13H9F2NO2. The second kappa shape index (κ2) is 4.91. The number of benzene rings is 1. The van der Waals surface area contributed by atoms with E-state index in [9.17, 15) is 13.6 Å². The Labute approximate surface area is 102 Å². The summed E-state index contributed by atoms with van der Waals surface area (Å²) in [6.07, 6.45) is 0.997. The topological polar surface area (TPSA) is 50.2 Å². The van der Waals surface area contributed by atoms with E-state index in [0.717, 1.165) is 12.1 Å². The van der Waals surface area contributed by atoms with Gasteiger partial charge in [0.05, 0.1) is 6.42 Å². The van der Waals surface area contributed by atoms with Gasteiger partial charge in [-0.1, -0.05) is 12.1 Å². The van der Waals surface area contributed by atoms with Crippen LogP contribution in [-0.2, 0) is 11.2 Å². The number of carboxylic acid groups (broad SMARTS) is 1. The molecule has 1 heterocycles. The van der Waals surface area contributed by atoms with Crippen LogP contribution in [0.5, 0.6) is 0 Å². The van der Waals surface area contributed by atoms with Gasteiger partial charge in [-0.2, -0.15) is 4.39 Å². The van der Waals surface area contributed by atoms with Crippen molar-refractivity contribution in [3.05, 3.63) is 53.9 Å². The molecular weight excluding hydrogens is 240 g/mol. The molecule has 0 spiro atoms. The maximum atomic E-state index is 13.8. The average molecular weight is 249 g/mol. The van der Waals surface area contributed by atoms with Crippen molar-refractivity contribution in [2.75, 3.05) is 0 Å². The van der Waals surface area contributed by atoms with Crippen LogP contribution in [0.3, 0.4) is 0 Å². The van der Waals surface area contributed by atoms with Crippen LogP contribution in [0.1, 0.15) is 5.56 Å². The fourth-order valence-electron chi connectivity index (χ4n) is 1.65. The Kier molecular flexibility index (Phi) is 3.32. The number of nitrogens with zero attached hydrogens (tertiary/aromatic N) is 1. The van der Waals surface area contributed by atoms with E-state index in [2.05, 4.69) is 4.98 Å². The zero-order valence-corrected chi connectivity index (χ0v) is 9.23. The first kappa shape index (κ1) is 12.2. The van der Waals surface area contributed by atoms with Crippen molar-refractivity contribution in [1.82, 2.24) is 4.98 Å². The van der Waals surface area contributed by atoms with Gasteiger partial charge in [0.2, 0.25) is 5.95 Å². The van der Waals surface area contributed by atoms with E-state index in [-0.39, 0.29) is 12.0 Å². The molecule has 0 aliphatic carbocycles. The Hall–Kier alpha value is -2.30. The highest BCUT2D eigenvalue weighted by atomic mass is 19.1. The van der Waals surface area contributed by atoms with Gasteiger partial charge in [-0.3, -0.25) is 4.79 Å². The van der Waals surface area contributed by atoms with E-state index in [1.165, 1.54) is 24.4 Å². The van der Waals surface area contributed by atoms with Crippen molar-refractivity contribution in [2.45, 2.75) is 6.42 Å². The molecule has 0 aliphatic heterocycles. The minimum absolute atomic E-state index is 0.213. The SMILES string of the molecule is O=C(O)Cc1ccc(-c2ccnc(F)c2)c(F)c1. The maximum Gasteiger partial charge on any atom is 0.307 e. The van der Waals surface area contributed by atoms with Crippen molar-refractivity contribution in [3.63, 3.8) is 0 Å². The summed E-state index contributed by atoms with van der Waals surface area (Å²) >= 11 is 0. The highest BCUT2D eigenvalue weighted by Gasteiger charge is 2.09. The number of hydrogen-bond acceptors (Lipinski definition) is 2. The maximum absolute atomic E-state index is 13.8. The summed E-state index contributed by atoms with van der Waals surface area (Å²) < 4.78 is 26.7. The Balaban J connectivity index is 2.38. The molecule has 18 heavy (non-hydrogen) atoms. The molecule has 0 atom stereocenters. The molecule has 0 saturated heterocycles. The molecule has 0 aliphatic rings. The highest BCUT2D eigenvalue weighted by Crippen LogP contribution is 2.23. The molecule has 0 unspecified atom stereocenters. The monoisotopic (exact) mass is 249 g/mol. The lowest BCUT2D eigenvalue weighted by Crippen LogP contribution is -2.00. The molecule has 2 aromatic rings. The number of carbonyl (C=O) groups is 1. The normalized spacial score (nSPS) is 10.3. The van der Waals surface area contributed by atoms with Gasteiger partial charge in [0.1, 0.15) is 5.82 Å². The van der Waals surface area contributed by atoms with Gasteiger partial charge < -0.3 is 5.11 Å². The van der Waals surface area contributed by atoms with Gasteiger partial charge in [0, 0.05) is 17.8 Å². The van der Waals surface area contributed by atoms with E-state index in [0.29, 0.717) is 11.1 Å². The van der Waals surface area contributed by atoms with Crippen molar-refractivity contribution in [1.29, 1.82) is 0 Å². The van der Waals surface area contributed by atoms with Crippen molar-refractivity contribution >= 4 is 5.97 Å². The predicted octanol–water partition coefficient (Wildman–Crippen LogP) is 2.65. The van der Waals surface area contributed by atoms with Crippen LogP contribution in [0.25, 0.3) is 11.1 Å². The summed E-state index contributed by atoms with van der Waals surface area (Å²) in [7, 11) is 0. The Morgan fingerprint density at radius 1 is 1.22 bits per heavy atom. The van der Waals surface area contributed by atoms with Gasteiger partial charge in [-0.05, 0) is 23.3 Å². The number of aromatic nitrogens is 1.